The first kappa shape index (κ1) is 34.5. The first-order chi connectivity index (χ1) is 23.7. The summed E-state index contributed by atoms with van der Waals surface area (Å²) in [6.07, 6.45) is 6.47. The highest BCUT2D eigenvalue weighted by atomic mass is 127. The first-order valence-corrected chi connectivity index (χ1v) is 18.5. The summed E-state index contributed by atoms with van der Waals surface area (Å²) in [4.78, 5) is 11.7. The number of benzene rings is 5. The monoisotopic (exact) mass is 780 g/mol. The lowest BCUT2D eigenvalue weighted by Crippen LogP contribution is -3.00. The van der Waals surface area contributed by atoms with Gasteiger partial charge in [0.1, 0.15) is 45.8 Å². The molecule has 5 nitrogen and oxygen atoms in total. The van der Waals surface area contributed by atoms with Crippen LogP contribution in [0.15, 0.2) is 159 Å². The molecule has 0 saturated heterocycles. The zero-order valence-electron chi connectivity index (χ0n) is 27.2. The van der Waals surface area contributed by atoms with E-state index in [1.54, 1.807) is 18.4 Å². The van der Waals surface area contributed by atoms with Crippen molar-refractivity contribution in [3.05, 3.63) is 162 Å². The van der Waals surface area contributed by atoms with E-state index < -0.39 is 12.9 Å². The van der Waals surface area contributed by atoms with Crippen LogP contribution in [0.5, 0.6) is 11.5 Å². The molecule has 7 heteroatoms. The van der Waals surface area contributed by atoms with Crippen LogP contribution < -0.4 is 55.0 Å². The number of ether oxygens (including phenoxy) is 2. The molecule has 0 aliphatic carbocycles. The smallest absolute Gasteiger partial charge is 0.336 e. The van der Waals surface area contributed by atoms with Crippen molar-refractivity contribution >= 4 is 45.1 Å². The van der Waals surface area contributed by atoms with E-state index in [2.05, 4.69) is 115 Å². The fourth-order valence-electron chi connectivity index (χ4n) is 6.49. The highest BCUT2D eigenvalue weighted by Gasteiger charge is 2.44. The molecule has 7 rings (SSSR count). The van der Waals surface area contributed by atoms with Gasteiger partial charge in [-0.25, -0.2) is 4.79 Å². The van der Waals surface area contributed by atoms with Crippen molar-refractivity contribution < 1.29 is 42.3 Å². The zero-order chi connectivity index (χ0) is 32.6. The van der Waals surface area contributed by atoms with E-state index in [4.69, 9.17) is 18.3 Å². The van der Waals surface area contributed by atoms with Crippen molar-refractivity contribution in [2.75, 3.05) is 19.4 Å². The topological polar surface area (TPSA) is 61.8 Å². The second kappa shape index (κ2) is 16.3. The number of rotatable bonds is 14. The number of hydrogen-bond acceptors (Lipinski definition) is 5. The summed E-state index contributed by atoms with van der Waals surface area (Å²) in [5, 5.41) is 5.90. The largest absolute Gasteiger partial charge is 1.00 e. The fourth-order valence-corrected chi connectivity index (χ4v) is 10.8. The van der Waals surface area contributed by atoms with Gasteiger partial charge in [0.2, 0.25) is 0 Å². The first-order valence-electron chi connectivity index (χ1n) is 16.5. The maximum absolute atomic E-state index is 11.7. The molecule has 0 aliphatic heterocycles. The van der Waals surface area contributed by atoms with E-state index in [9.17, 15) is 4.79 Å². The lowest BCUT2D eigenvalue weighted by molar-refractivity contribution is -0.0000112. The molecule has 2 aromatic heterocycles. The van der Waals surface area contributed by atoms with Gasteiger partial charge in [-0.15, -0.1) is 0 Å². The van der Waals surface area contributed by atoms with Gasteiger partial charge < -0.3 is 42.3 Å². The normalized spacial score (nSPS) is 11.3. The summed E-state index contributed by atoms with van der Waals surface area (Å²) in [7, 11) is -1.82. The van der Waals surface area contributed by atoms with Crippen molar-refractivity contribution in [3.8, 4) is 11.5 Å². The van der Waals surface area contributed by atoms with Crippen LogP contribution >= 0.6 is 7.26 Å². The zero-order valence-corrected chi connectivity index (χ0v) is 30.2. The third-order valence-electron chi connectivity index (χ3n) is 8.84. The van der Waals surface area contributed by atoms with Gasteiger partial charge in [-0.05, 0) is 91.9 Å². The van der Waals surface area contributed by atoms with Gasteiger partial charge in [0.05, 0.1) is 36.4 Å². The molecule has 0 bridgehead atoms. The molecule has 0 radical (unpaired) electrons. The number of fused-ring (bicyclic) bond motifs is 2. The molecule has 0 unspecified atom stereocenters. The minimum Gasteiger partial charge on any atom is -1.00 e. The highest BCUT2D eigenvalue weighted by Crippen LogP contribution is 2.55. The Morgan fingerprint density at radius 3 is 1.76 bits per heavy atom. The van der Waals surface area contributed by atoms with E-state index >= 15 is 0 Å². The van der Waals surface area contributed by atoms with Crippen LogP contribution in [0, 0.1) is 0 Å². The maximum Gasteiger partial charge on any atom is 0.336 e. The molecule has 0 spiro atoms. The van der Waals surface area contributed by atoms with Crippen molar-refractivity contribution in [3.63, 3.8) is 0 Å². The van der Waals surface area contributed by atoms with E-state index in [1.807, 2.05) is 6.07 Å². The van der Waals surface area contributed by atoms with Crippen molar-refractivity contribution in [1.82, 2.24) is 0 Å². The minimum atomic E-state index is -1.82. The number of halogens is 1. The predicted molar refractivity (Wildman–Crippen MR) is 197 cm³/mol. The molecule has 248 valence electrons. The summed E-state index contributed by atoms with van der Waals surface area (Å²) in [5.74, 6) is 1.55. The summed E-state index contributed by atoms with van der Waals surface area (Å²) >= 11 is 0. The average Bonchev–Trinajstić information content (AvgIpc) is 3.61. The Balaban J connectivity index is 0.00000417. The lowest BCUT2D eigenvalue weighted by atomic mass is 10.1. The molecule has 0 atom stereocenters. The molecule has 5 aromatic carbocycles. The summed E-state index contributed by atoms with van der Waals surface area (Å²) < 4.78 is 23.1. The second-order valence-electron chi connectivity index (χ2n) is 11.9. The van der Waals surface area contributed by atoms with Crippen LogP contribution in [-0.4, -0.2) is 19.4 Å². The quantitative estimate of drug-likeness (QED) is 0.0614. The molecule has 0 fully saturated rings. The summed E-state index contributed by atoms with van der Waals surface area (Å²) in [6, 6.07) is 48.6. The van der Waals surface area contributed by atoms with Gasteiger partial charge in [0.25, 0.3) is 0 Å². The Hall–Kier alpha value is -4.39. The van der Waals surface area contributed by atoms with E-state index in [1.165, 1.54) is 27.5 Å². The standard InChI is InChI=1S/C42H38O5P.HI/c43-41-25-24-37-40(47-41)31-39-38(26-29-45-39)42(37)46-28-11-10-27-44-33-22-20-32(21-23-33)13-12-30-48(34-14-4-1-5-15-34,35-16-6-2-7-17-35)36-18-8-3-9-19-36;/h1-9,14-26,29,31H,10-13,27-28,30H2;1H/q+1;/p-1. The van der Waals surface area contributed by atoms with Crippen LogP contribution in [0.4, 0.5) is 0 Å². The van der Waals surface area contributed by atoms with Crippen molar-refractivity contribution in [2.24, 2.45) is 0 Å². The van der Waals surface area contributed by atoms with Gasteiger partial charge in [-0.2, -0.15) is 0 Å². The molecule has 7 aromatic rings. The maximum atomic E-state index is 11.7. The molecular formula is C42H38IO5P. The van der Waals surface area contributed by atoms with E-state index in [-0.39, 0.29) is 24.0 Å². The molecule has 0 saturated carbocycles. The highest BCUT2D eigenvalue weighted by molar-refractivity contribution is 7.95. The van der Waals surface area contributed by atoms with Gasteiger partial charge in [0, 0.05) is 12.1 Å². The Labute approximate surface area is 304 Å². The van der Waals surface area contributed by atoms with E-state index in [0.717, 1.165) is 48.4 Å². The Morgan fingerprint density at radius 2 is 1.14 bits per heavy atom. The van der Waals surface area contributed by atoms with Crippen LogP contribution in [0.3, 0.4) is 0 Å². The Morgan fingerprint density at radius 1 is 0.571 bits per heavy atom. The average molecular weight is 781 g/mol. The number of hydrogen-bond donors (Lipinski definition) is 0. The van der Waals surface area contributed by atoms with Crippen LogP contribution in [-0.2, 0) is 6.42 Å². The van der Waals surface area contributed by atoms with Crippen LogP contribution in [0.2, 0.25) is 0 Å². The summed E-state index contributed by atoms with van der Waals surface area (Å²) in [6.45, 7) is 1.12. The Kier molecular flexibility index (Phi) is 11.5. The van der Waals surface area contributed by atoms with Gasteiger partial charge in [-0.3, -0.25) is 0 Å². The van der Waals surface area contributed by atoms with Crippen molar-refractivity contribution in [1.29, 1.82) is 0 Å². The number of unbranched alkanes of at least 4 members (excludes halogenated alkanes) is 1. The predicted octanol–water partition coefficient (Wildman–Crippen LogP) is 5.71. The van der Waals surface area contributed by atoms with Gasteiger partial charge in [-0.1, -0.05) is 66.7 Å². The van der Waals surface area contributed by atoms with Crippen LogP contribution in [0.25, 0.3) is 21.9 Å². The lowest BCUT2D eigenvalue weighted by Gasteiger charge is -2.27. The molecule has 0 aliphatic rings. The van der Waals surface area contributed by atoms with E-state index in [0.29, 0.717) is 30.1 Å². The minimum absolute atomic E-state index is 0. The van der Waals surface area contributed by atoms with Crippen LogP contribution in [0.1, 0.15) is 24.8 Å². The fraction of sp³-hybridized carbons (Fsp3) is 0.167. The third kappa shape index (κ3) is 7.76. The molecule has 0 N–H and O–H groups in total. The summed E-state index contributed by atoms with van der Waals surface area (Å²) in [5.41, 5.74) is 2.00. The molecular weight excluding hydrogens is 742 g/mol. The second-order valence-corrected chi connectivity index (χ2v) is 15.5. The number of furan rings is 1. The molecule has 2 heterocycles. The molecule has 0 amide bonds. The van der Waals surface area contributed by atoms with Gasteiger partial charge in [0.15, 0.2) is 0 Å². The van der Waals surface area contributed by atoms with Gasteiger partial charge >= 0.3 is 5.63 Å². The molecule has 49 heavy (non-hydrogen) atoms. The SMILES string of the molecule is O=c1ccc2c(OCCCCOc3ccc(CCC[P+](c4ccccc4)(c4ccccc4)c4ccccc4)cc3)c3ccoc3cc2o1.[I-]. The Bertz CT molecular complexity index is 2030. The number of aryl methyl sites for hydroxylation is 1. The third-order valence-corrected chi connectivity index (χ3v) is 13.4. The van der Waals surface area contributed by atoms with Crippen molar-refractivity contribution in [2.45, 2.75) is 25.7 Å².